The van der Waals surface area contributed by atoms with Crippen LogP contribution in [0.2, 0.25) is 0 Å². The van der Waals surface area contributed by atoms with E-state index in [1.165, 1.54) is 0 Å². The fourth-order valence-electron chi connectivity index (χ4n) is 3.43. The summed E-state index contributed by atoms with van der Waals surface area (Å²) in [6.45, 7) is 2.42. The number of pyridine rings is 1. The van der Waals surface area contributed by atoms with E-state index in [1.54, 1.807) is 28.7 Å². The third-order valence-electron chi connectivity index (χ3n) is 4.73. The Bertz CT molecular complexity index is 1050. The third kappa shape index (κ3) is 2.99. The second-order valence-corrected chi connectivity index (χ2v) is 8.44. The highest BCUT2D eigenvalue weighted by molar-refractivity contribution is 7.92. The monoisotopic (exact) mass is 364 g/mol. The molecule has 26 heavy (non-hydrogen) atoms. The summed E-state index contributed by atoms with van der Waals surface area (Å²) in [6, 6.07) is 17.0. The Labute approximate surface area is 154 Å². The van der Waals surface area contributed by atoms with Crippen LogP contribution in [0.4, 0.5) is 5.69 Å². The largest absolute Gasteiger partial charge is 0.266 e. The standard InChI is InChI=1S/C21H20N2O2S/c1-16-5-2-8-20(13-16)26(24,25)23-12-4-7-18-14-17(9-10-21(18)23)19-6-3-11-22-15-19/h2-3,5-6,8-11,13-15H,4,7,12H2,1H3. The maximum absolute atomic E-state index is 13.2. The number of hydrogen-bond acceptors (Lipinski definition) is 3. The third-order valence-corrected chi connectivity index (χ3v) is 6.54. The van der Waals surface area contributed by atoms with Crippen LogP contribution in [0, 0.1) is 6.92 Å². The van der Waals surface area contributed by atoms with E-state index in [0.29, 0.717) is 11.4 Å². The van der Waals surface area contributed by atoms with E-state index in [-0.39, 0.29) is 0 Å². The van der Waals surface area contributed by atoms with Crippen molar-refractivity contribution in [3.8, 4) is 11.1 Å². The van der Waals surface area contributed by atoms with Crippen molar-refractivity contribution in [2.75, 3.05) is 10.8 Å². The summed E-state index contributed by atoms with van der Waals surface area (Å²) >= 11 is 0. The van der Waals surface area contributed by atoms with Crippen LogP contribution in [0.25, 0.3) is 11.1 Å². The van der Waals surface area contributed by atoms with Gasteiger partial charge in [-0.15, -0.1) is 0 Å². The number of aromatic nitrogens is 1. The first kappa shape index (κ1) is 16.8. The SMILES string of the molecule is Cc1cccc(S(=O)(=O)N2CCCc3cc(-c4cccnc4)ccc32)c1. The van der Waals surface area contributed by atoms with Crippen LogP contribution in [0.5, 0.6) is 0 Å². The van der Waals surface area contributed by atoms with Crippen LogP contribution in [-0.2, 0) is 16.4 Å². The van der Waals surface area contributed by atoms with Gasteiger partial charge in [-0.05, 0) is 72.4 Å². The van der Waals surface area contributed by atoms with E-state index in [1.807, 2.05) is 43.5 Å². The Morgan fingerprint density at radius 2 is 1.88 bits per heavy atom. The molecule has 0 saturated heterocycles. The fourth-order valence-corrected chi connectivity index (χ4v) is 5.07. The molecule has 2 heterocycles. The average molecular weight is 364 g/mol. The molecule has 0 spiro atoms. The molecular weight excluding hydrogens is 344 g/mol. The summed E-state index contributed by atoms with van der Waals surface area (Å²) in [5.74, 6) is 0. The first-order chi connectivity index (χ1) is 12.6. The molecular formula is C21H20N2O2S. The highest BCUT2D eigenvalue weighted by Gasteiger charge is 2.29. The van der Waals surface area contributed by atoms with Crippen molar-refractivity contribution in [2.24, 2.45) is 0 Å². The lowest BCUT2D eigenvalue weighted by molar-refractivity contribution is 0.586. The Hall–Kier alpha value is -2.66. The Balaban J connectivity index is 1.76. The maximum Gasteiger partial charge on any atom is 0.264 e. The van der Waals surface area contributed by atoms with Crippen molar-refractivity contribution in [3.05, 3.63) is 78.1 Å². The number of anilines is 1. The van der Waals surface area contributed by atoms with Crippen molar-refractivity contribution < 1.29 is 8.42 Å². The lowest BCUT2D eigenvalue weighted by Crippen LogP contribution is -2.35. The van der Waals surface area contributed by atoms with Gasteiger partial charge in [0, 0.05) is 18.9 Å². The highest BCUT2D eigenvalue weighted by Crippen LogP contribution is 2.34. The fraction of sp³-hybridized carbons (Fsp3) is 0.190. The molecule has 0 unspecified atom stereocenters. The molecule has 5 heteroatoms. The minimum atomic E-state index is -3.55. The van der Waals surface area contributed by atoms with Gasteiger partial charge >= 0.3 is 0 Å². The van der Waals surface area contributed by atoms with E-state index in [0.717, 1.165) is 40.8 Å². The summed E-state index contributed by atoms with van der Waals surface area (Å²) < 4.78 is 27.9. The summed E-state index contributed by atoms with van der Waals surface area (Å²) in [5, 5.41) is 0. The van der Waals surface area contributed by atoms with Gasteiger partial charge in [0.15, 0.2) is 0 Å². The van der Waals surface area contributed by atoms with E-state index in [2.05, 4.69) is 11.1 Å². The van der Waals surface area contributed by atoms with E-state index in [4.69, 9.17) is 0 Å². The molecule has 2 aromatic carbocycles. The topological polar surface area (TPSA) is 50.3 Å². The van der Waals surface area contributed by atoms with Gasteiger partial charge in [0.05, 0.1) is 10.6 Å². The molecule has 1 aromatic heterocycles. The zero-order valence-electron chi connectivity index (χ0n) is 14.6. The van der Waals surface area contributed by atoms with Crippen LogP contribution < -0.4 is 4.31 Å². The molecule has 4 nitrogen and oxygen atoms in total. The first-order valence-electron chi connectivity index (χ1n) is 8.68. The van der Waals surface area contributed by atoms with Gasteiger partial charge in [-0.25, -0.2) is 8.42 Å². The molecule has 0 bridgehead atoms. The van der Waals surface area contributed by atoms with Gasteiger partial charge in [0.1, 0.15) is 0 Å². The molecule has 0 amide bonds. The number of rotatable bonds is 3. The zero-order chi connectivity index (χ0) is 18.1. The van der Waals surface area contributed by atoms with Gasteiger partial charge in [0.25, 0.3) is 10.0 Å². The molecule has 1 aliphatic heterocycles. The van der Waals surface area contributed by atoms with Gasteiger partial charge in [0.2, 0.25) is 0 Å². The summed E-state index contributed by atoms with van der Waals surface area (Å²) in [7, 11) is -3.55. The van der Waals surface area contributed by atoms with Crippen molar-refractivity contribution >= 4 is 15.7 Å². The van der Waals surface area contributed by atoms with E-state index in [9.17, 15) is 8.42 Å². The molecule has 0 fully saturated rings. The van der Waals surface area contributed by atoms with Crippen molar-refractivity contribution in [1.29, 1.82) is 0 Å². The number of nitrogens with zero attached hydrogens (tertiary/aromatic N) is 2. The quantitative estimate of drug-likeness (QED) is 0.700. The van der Waals surface area contributed by atoms with Gasteiger partial charge in [-0.3, -0.25) is 9.29 Å². The normalized spacial score (nSPS) is 14.1. The maximum atomic E-state index is 13.2. The molecule has 0 saturated carbocycles. The number of fused-ring (bicyclic) bond motifs is 1. The van der Waals surface area contributed by atoms with Crippen LogP contribution in [0.15, 0.2) is 71.9 Å². The van der Waals surface area contributed by atoms with Gasteiger partial charge in [-0.1, -0.05) is 24.3 Å². The van der Waals surface area contributed by atoms with E-state index >= 15 is 0 Å². The van der Waals surface area contributed by atoms with Crippen molar-refractivity contribution in [3.63, 3.8) is 0 Å². The summed E-state index contributed by atoms with van der Waals surface area (Å²) in [4.78, 5) is 4.52. The van der Waals surface area contributed by atoms with Crippen LogP contribution in [0.1, 0.15) is 17.5 Å². The van der Waals surface area contributed by atoms with Crippen molar-refractivity contribution in [1.82, 2.24) is 4.98 Å². The molecule has 0 radical (unpaired) electrons. The Morgan fingerprint density at radius 1 is 1.00 bits per heavy atom. The van der Waals surface area contributed by atoms with Crippen LogP contribution >= 0.6 is 0 Å². The number of aryl methyl sites for hydroxylation is 2. The van der Waals surface area contributed by atoms with Crippen molar-refractivity contribution in [2.45, 2.75) is 24.7 Å². The van der Waals surface area contributed by atoms with E-state index < -0.39 is 10.0 Å². The highest BCUT2D eigenvalue weighted by atomic mass is 32.2. The average Bonchev–Trinajstić information content (AvgIpc) is 2.67. The van der Waals surface area contributed by atoms with Gasteiger partial charge < -0.3 is 0 Å². The molecule has 132 valence electrons. The van der Waals surface area contributed by atoms with Gasteiger partial charge in [-0.2, -0.15) is 0 Å². The number of benzene rings is 2. The summed E-state index contributed by atoms with van der Waals surface area (Å²) in [6.07, 6.45) is 5.27. The molecule has 4 rings (SSSR count). The Kier molecular flexibility index (Phi) is 4.24. The number of hydrogen-bond donors (Lipinski definition) is 0. The second-order valence-electron chi connectivity index (χ2n) is 6.58. The summed E-state index contributed by atoms with van der Waals surface area (Å²) in [5.41, 5.74) is 4.88. The van der Waals surface area contributed by atoms with Crippen LogP contribution in [0.3, 0.4) is 0 Å². The number of sulfonamides is 1. The lowest BCUT2D eigenvalue weighted by atomic mass is 9.98. The van der Waals surface area contributed by atoms with Crippen LogP contribution in [-0.4, -0.2) is 19.9 Å². The second kappa shape index (κ2) is 6.57. The molecule has 0 N–H and O–H groups in total. The molecule has 3 aromatic rings. The molecule has 1 aliphatic rings. The predicted octanol–water partition coefficient (Wildman–Crippen LogP) is 4.20. The minimum Gasteiger partial charge on any atom is -0.266 e. The first-order valence-corrected chi connectivity index (χ1v) is 10.1. The zero-order valence-corrected chi connectivity index (χ0v) is 15.4. The predicted molar refractivity (Wildman–Crippen MR) is 104 cm³/mol. The minimum absolute atomic E-state index is 0.349. The molecule has 0 aliphatic carbocycles. The Morgan fingerprint density at radius 3 is 2.65 bits per heavy atom. The smallest absolute Gasteiger partial charge is 0.264 e. The molecule has 0 atom stereocenters. The lowest BCUT2D eigenvalue weighted by Gasteiger charge is -2.31.